The summed E-state index contributed by atoms with van der Waals surface area (Å²) in [6.07, 6.45) is 0. The lowest BCUT2D eigenvalue weighted by molar-refractivity contribution is -0.120. The van der Waals surface area contributed by atoms with Gasteiger partial charge in [-0.1, -0.05) is 13.8 Å². The number of rotatable bonds is 4. The molecule has 0 bridgehead atoms. The Bertz CT molecular complexity index is 835. The van der Waals surface area contributed by atoms with Gasteiger partial charge < -0.3 is 10.8 Å². The fourth-order valence-electron chi connectivity index (χ4n) is 2.32. The molecule has 2 aromatic heterocycles. The molecule has 1 atom stereocenters. The molecule has 0 spiro atoms. The Balaban J connectivity index is 2.95. The molecule has 0 aromatic carbocycles. The molecule has 2 rings (SSSR count). The number of carbonyl (C=O) groups is 2. The summed E-state index contributed by atoms with van der Waals surface area (Å²) in [6, 6.07) is -0.852. The number of carboxylic acids is 1. The molecule has 1 amide bonds. The molecule has 2 aromatic rings. The van der Waals surface area contributed by atoms with Crippen LogP contribution in [0.15, 0.2) is 4.79 Å². The minimum absolute atomic E-state index is 0.0822. The lowest BCUT2D eigenvalue weighted by Gasteiger charge is -2.18. The molecule has 0 fully saturated rings. The van der Waals surface area contributed by atoms with Crippen molar-refractivity contribution in [3.05, 3.63) is 26.6 Å². The summed E-state index contributed by atoms with van der Waals surface area (Å²) in [5.41, 5.74) is 5.26. The Morgan fingerprint density at radius 2 is 1.91 bits per heavy atom. The average Bonchev–Trinajstić information content (AvgIpc) is 2.75. The van der Waals surface area contributed by atoms with Crippen LogP contribution in [0.5, 0.6) is 0 Å². The minimum Gasteiger partial charge on any atom is -0.477 e. The van der Waals surface area contributed by atoms with Gasteiger partial charge in [-0.3, -0.25) is 14.2 Å². The normalized spacial score (nSPS) is 12.8. The van der Waals surface area contributed by atoms with Gasteiger partial charge in [0.1, 0.15) is 21.6 Å². The third kappa shape index (κ3) is 2.39. The molecule has 0 aliphatic carbocycles. The number of thiophene rings is 1. The number of aromatic carboxylic acids is 1. The van der Waals surface area contributed by atoms with Gasteiger partial charge in [-0.05, 0) is 19.4 Å². The van der Waals surface area contributed by atoms with Crippen LogP contribution in [-0.2, 0) is 4.79 Å². The van der Waals surface area contributed by atoms with E-state index in [2.05, 4.69) is 4.98 Å². The number of aryl methyl sites for hydroxylation is 1. The lowest BCUT2D eigenvalue weighted by atomic mass is 10.1. The molecule has 22 heavy (non-hydrogen) atoms. The van der Waals surface area contributed by atoms with Crippen LogP contribution in [0.3, 0.4) is 0 Å². The van der Waals surface area contributed by atoms with Crippen LogP contribution >= 0.6 is 11.3 Å². The largest absolute Gasteiger partial charge is 0.477 e. The third-order valence-electron chi connectivity index (χ3n) is 3.53. The number of nitrogens with zero attached hydrogens (tertiary/aromatic N) is 2. The maximum Gasteiger partial charge on any atom is 0.346 e. The number of hydrogen-bond acceptors (Lipinski definition) is 5. The van der Waals surface area contributed by atoms with Gasteiger partial charge in [-0.15, -0.1) is 11.3 Å². The zero-order chi connectivity index (χ0) is 16.8. The molecule has 0 aliphatic rings. The molecule has 0 saturated carbocycles. The molecule has 3 N–H and O–H groups in total. The first-order valence-electron chi connectivity index (χ1n) is 6.74. The zero-order valence-corrected chi connectivity index (χ0v) is 13.5. The van der Waals surface area contributed by atoms with Crippen molar-refractivity contribution in [3.63, 3.8) is 0 Å². The highest BCUT2D eigenvalue weighted by Crippen LogP contribution is 2.29. The van der Waals surface area contributed by atoms with Crippen molar-refractivity contribution in [1.82, 2.24) is 9.55 Å². The van der Waals surface area contributed by atoms with E-state index in [1.54, 1.807) is 6.92 Å². The number of amides is 1. The number of fused-ring (bicyclic) bond motifs is 1. The number of carbonyl (C=O) groups excluding carboxylic acids is 1. The zero-order valence-electron chi connectivity index (χ0n) is 12.7. The smallest absolute Gasteiger partial charge is 0.346 e. The molecule has 118 valence electrons. The molecule has 1 unspecified atom stereocenters. The second-order valence-electron chi connectivity index (χ2n) is 5.42. The van der Waals surface area contributed by atoms with Crippen LogP contribution in [0, 0.1) is 6.92 Å². The van der Waals surface area contributed by atoms with Crippen molar-refractivity contribution >= 4 is 33.4 Å². The summed E-state index contributed by atoms with van der Waals surface area (Å²) in [5, 5.41) is 9.44. The van der Waals surface area contributed by atoms with Gasteiger partial charge >= 0.3 is 5.97 Å². The van der Waals surface area contributed by atoms with E-state index in [4.69, 9.17) is 5.73 Å². The second-order valence-corrected chi connectivity index (χ2v) is 6.42. The van der Waals surface area contributed by atoms with Crippen molar-refractivity contribution in [3.8, 4) is 0 Å². The van der Waals surface area contributed by atoms with Gasteiger partial charge in [0.2, 0.25) is 5.91 Å². The van der Waals surface area contributed by atoms with Gasteiger partial charge in [-0.2, -0.15) is 0 Å². The Morgan fingerprint density at radius 3 is 2.36 bits per heavy atom. The fourth-order valence-corrected chi connectivity index (χ4v) is 3.34. The molecular formula is C14H17N3O4S. The molecule has 0 radical (unpaired) electrons. The SMILES string of the molecule is Cc1c(C(=O)O)sc2nc(C(C)C)n(C(C)C(N)=O)c(=O)c12. The van der Waals surface area contributed by atoms with E-state index in [1.165, 1.54) is 11.5 Å². The highest BCUT2D eigenvalue weighted by Gasteiger charge is 2.25. The van der Waals surface area contributed by atoms with Crippen molar-refractivity contribution in [1.29, 1.82) is 0 Å². The van der Waals surface area contributed by atoms with E-state index in [0.29, 0.717) is 16.2 Å². The maximum atomic E-state index is 12.8. The van der Waals surface area contributed by atoms with E-state index in [1.807, 2.05) is 13.8 Å². The summed E-state index contributed by atoms with van der Waals surface area (Å²) in [7, 11) is 0. The first-order chi connectivity index (χ1) is 10.2. The molecule has 2 heterocycles. The highest BCUT2D eigenvalue weighted by atomic mass is 32.1. The van der Waals surface area contributed by atoms with Gasteiger partial charge in [0, 0.05) is 5.92 Å². The number of carboxylic acid groups (broad SMARTS) is 1. The number of hydrogen-bond donors (Lipinski definition) is 2. The highest BCUT2D eigenvalue weighted by molar-refractivity contribution is 7.20. The Labute approximate surface area is 130 Å². The fraction of sp³-hybridized carbons (Fsp3) is 0.429. The topological polar surface area (TPSA) is 115 Å². The van der Waals surface area contributed by atoms with Gasteiger partial charge in [0.15, 0.2) is 0 Å². The average molecular weight is 323 g/mol. The first kappa shape index (κ1) is 16.2. The van der Waals surface area contributed by atoms with E-state index < -0.39 is 23.5 Å². The number of aromatic nitrogens is 2. The van der Waals surface area contributed by atoms with Crippen LogP contribution in [0.2, 0.25) is 0 Å². The Kier molecular flexibility index (Phi) is 4.06. The van der Waals surface area contributed by atoms with Crippen LogP contribution in [0.1, 0.15) is 53.8 Å². The van der Waals surface area contributed by atoms with E-state index in [-0.39, 0.29) is 16.2 Å². The van der Waals surface area contributed by atoms with Crippen LogP contribution in [0.25, 0.3) is 10.2 Å². The Morgan fingerprint density at radius 1 is 1.32 bits per heavy atom. The predicted octanol–water partition coefficient (Wildman–Crippen LogP) is 1.63. The molecule has 7 nitrogen and oxygen atoms in total. The van der Waals surface area contributed by atoms with Crippen molar-refractivity contribution in [2.24, 2.45) is 5.73 Å². The summed E-state index contributed by atoms with van der Waals surface area (Å²) in [5.74, 6) is -1.44. The number of primary amides is 1. The Hall–Kier alpha value is -2.22. The first-order valence-corrected chi connectivity index (χ1v) is 7.56. The molecular weight excluding hydrogens is 306 g/mol. The molecule has 8 heteroatoms. The van der Waals surface area contributed by atoms with Crippen LogP contribution in [-0.4, -0.2) is 26.5 Å². The summed E-state index contributed by atoms with van der Waals surface area (Å²) >= 11 is 0.966. The minimum atomic E-state index is -1.10. The maximum absolute atomic E-state index is 12.8. The quantitative estimate of drug-likeness (QED) is 0.887. The molecule has 0 aliphatic heterocycles. The van der Waals surface area contributed by atoms with Crippen molar-refractivity contribution < 1.29 is 14.7 Å². The summed E-state index contributed by atoms with van der Waals surface area (Å²) in [6.45, 7) is 6.79. The monoisotopic (exact) mass is 323 g/mol. The second kappa shape index (κ2) is 5.53. The van der Waals surface area contributed by atoms with Crippen LogP contribution < -0.4 is 11.3 Å². The van der Waals surface area contributed by atoms with Gasteiger partial charge in [-0.25, -0.2) is 9.78 Å². The number of nitrogens with two attached hydrogens (primary N) is 1. The summed E-state index contributed by atoms with van der Waals surface area (Å²) < 4.78 is 1.26. The van der Waals surface area contributed by atoms with Crippen molar-refractivity contribution in [2.45, 2.75) is 39.7 Å². The van der Waals surface area contributed by atoms with E-state index >= 15 is 0 Å². The van der Waals surface area contributed by atoms with Crippen LogP contribution in [0.4, 0.5) is 0 Å². The molecule has 0 saturated heterocycles. The van der Waals surface area contributed by atoms with Crippen molar-refractivity contribution in [2.75, 3.05) is 0 Å². The standard InChI is InChI=1S/C14H17N3O4S/c1-5(2)11-16-12-8(6(3)9(22-12)14(20)21)13(19)17(11)7(4)10(15)18/h5,7H,1-4H3,(H2,15,18)(H,20,21). The lowest BCUT2D eigenvalue weighted by Crippen LogP contribution is -2.35. The third-order valence-corrected chi connectivity index (χ3v) is 4.71. The van der Waals surface area contributed by atoms with E-state index in [9.17, 15) is 19.5 Å². The van der Waals surface area contributed by atoms with E-state index in [0.717, 1.165) is 11.3 Å². The van der Waals surface area contributed by atoms with Gasteiger partial charge in [0.05, 0.1) is 5.39 Å². The van der Waals surface area contributed by atoms with Gasteiger partial charge in [0.25, 0.3) is 5.56 Å². The summed E-state index contributed by atoms with van der Waals surface area (Å²) in [4.78, 5) is 40.4. The predicted molar refractivity (Wildman–Crippen MR) is 83.6 cm³/mol.